The number of nitrogens with two attached hydrogens (primary N) is 1. The Labute approximate surface area is 226 Å². The van der Waals surface area contributed by atoms with Gasteiger partial charge in [0.25, 0.3) is 17.5 Å². The van der Waals surface area contributed by atoms with Gasteiger partial charge in [0.05, 0.1) is 10.5 Å². The van der Waals surface area contributed by atoms with E-state index in [4.69, 9.17) is 10.8 Å². The molecule has 1 aromatic carbocycles. The molecule has 5 N–H and O–H groups in total. The molecule has 1 fully saturated rings. The zero-order chi connectivity index (χ0) is 28.3. The lowest BCUT2D eigenvalue weighted by atomic mass is 10.0. The number of carbonyl (C=O) groups excluding carboxylic acids is 2. The maximum absolute atomic E-state index is 13.0. The van der Waals surface area contributed by atoms with E-state index < -0.39 is 52.4 Å². The first-order valence-electron chi connectivity index (χ1n) is 10.8. The number of amides is 2. The molecule has 39 heavy (non-hydrogen) atoms. The lowest BCUT2D eigenvalue weighted by Crippen LogP contribution is -2.71. The number of rotatable bonds is 10. The van der Waals surface area contributed by atoms with Gasteiger partial charge in [0.1, 0.15) is 22.8 Å². The molecule has 0 spiro atoms. The standard InChI is InChI=1S/C22H18N6O9S2/c23-22-24-12(9-39-22)15(26-37-7-14(29)30)18(31)25-16-19(32)27-17(21(33)34)11(8-38-20(16)27)6-5-10-3-1-2-4-13(10)28(35)36/h1-6,9,16,20H,7-8H2,(H2,23,24)(H,25,31)(H,29,30)(H,33,34)/b6-5+,26-15+/t16?,20-/m1/s1. The van der Waals surface area contributed by atoms with Crippen molar-refractivity contribution in [1.29, 1.82) is 0 Å². The molecule has 15 nitrogen and oxygen atoms in total. The molecule has 0 saturated carbocycles. The van der Waals surface area contributed by atoms with Gasteiger partial charge < -0.3 is 26.1 Å². The minimum Gasteiger partial charge on any atom is -0.479 e. The number of β-lactam (4-membered cyclic amide) rings is 1. The molecule has 2 aliphatic rings. The van der Waals surface area contributed by atoms with E-state index >= 15 is 0 Å². The van der Waals surface area contributed by atoms with Crippen molar-refractivity contribution >= 4 is 69.5 Å². The largest absolute Gasteiger partial charge is 0.479 e. The van der Waals surface area contributed by atoms with Crippen LogP contribution in [0.1, 0.15) is 11.3 Å². The lowest BCUT2D eigenvalue weighted by molar-refractivity contribution is -0.385. The number of nitrogen functional groups attached to an aromatic ring is 1. The summed E-state index contributed by atoms with van der Waals surface area (Å²) >= 11 is 2.17. The molecular formula is C22H18N6O9S2. The van der Waals surface area contributed by atoms with Gasteiger partial charge in [0.2, 0.25) is 6.61 Å². The number of thiazole rings is 1. The van der Waals surface area contributed by atoms with Crippen LogP contribution in [0, 0.1) is 10.1 Å². The molecular weight excluding hydrogens is 556 g/mol. The Balaban J connectivity index is 1.55. The third kappa shape index (κ3) is 5.73. The van der Waals surface area contributed by atoms with Crippen molar-refractivity contribution in [2.45, 2.75) is 11.4 Å². The fourth-order valence-corrected chi connectivity index (χ4v) is 5.59. The second kappa shape index (κ2) is 11.3. The molecule has 1 aromatic heterocycles. The molecule has 2 aromatic rings. The van der Waals surface area contributed by atoms with Crippen LogP contribution in [0.2, 0.25) is 0 Å². The third-order valence-corrected chi connectivity index (χ3v) is 7.38. The number of anilines is 1. The van der Waals surface area contributed by atoms with Crippen LogP contribution in [-0.2, 0) is 24.0 Å². The summed E-state index contributed by atoms with van der Waals surface area (Å²) in [7, 11) is 0. The maximum atomic E-state index is 13.0. The predicted molar refractivity (Wildman–Crippen MR) is 138 cm³/mol. The first-order valence-corrected chi connectivity index (χ1v) is 12.8. The molecule has 0 radical (unpaired) electrons. The summed E-state index contributed by atoms with van der Waals surface area (Å²) in [5.41, 5.74) is 5.21. The number of hydrogen-bond acceptors (Lipinski definition) is 12. The number of carboxylic acid groups (broad SMARTS) is 2. The van der Waals surface area contributed by atoms with E-state index in [1.54, 1.807) is 6.07 Å². The summed E-state index contributed by atoms with van der Waals surface area (Å²) in [4.78, 5) is 69.1. The highest BCUT2D eigenvalue weighted by Gasteiger charge is 2.54. The van der Waals surface area contributed by atoms with Gasteiger partial charge >= 0.3 is 11.9 Å². The van der Waals surface area contributed by atoms with Crippen LogP contribution in [0.3, 0.4) is 0 Å². The Morgan fingerprint density at radius 3 is 2.69 bits per heavy atom. The van der Waals surface area contributed by atoms with Crippen molar-refractivity contribution in [3.63, 3.8) is 0 Å². The van der Waals surface area contributed by atoms with E-state index in [2.05, 4.69) is 20.3 Å². The second-order valence-electron chi connectivity index (χ2n) is 7.87. The Bertz CT molecular complexity index is 1470. The van der Waals surface area contributed by atoms with Crippen LogP contribution < -0.4 is 11.1 Å². The number of carboxylic acids is 2. The minimum absolute atomic E-state index is 0.00568. The SMILES string of the molecule is Nc1nc(/C(=N\OCC(=O)O)C(=O)NC2C(=O)N3C(C(=O)O)=C(/C=C/c4ccccc4[N+](=O)[O-])CS[C@H]23)cs1. The van der Waals surface area contributed by atoms with Gasteiger partial charge in [-0.3, -0.25) is 24.6 Å². The van der Waals surface area contributed by atoms with Gasteiger partial charge in [-0.25, -0.2) is 14.6 Å². The van der Waals surface area contributed by atoms with Crippen LogP contribution in [0.15, 0.2) is 52.1 Å². The topological polar surface area (TPSA) is 228 Å². The number of hydrogen-bond donors (Lipinski definition) is 4. The smallest absolute Gasteiger partial charge is 0.352 e. The Morgan fingerprint density at radius 1 is 1.31 bits per heavy atom. The molecule has 3 heterocycles. The fourth-order valence-electron chi connectivity index (χ4n) is 3.72. The van der Waals surface area contributed by atoms with Gasteiger partial charge in [-0.1, -0.05) is 23.4 Å². The number of oxime groups is 1. The molecule has 17 heteroatoms. The number of nitrogens with zero attached hydrogens (tertiary/aromatic N) is 4. The van der Waals surface area contributed by atoms with Crippen LogP contribution in [0.4, 0.5) is 10.8 Å². The van der Waals surface area contributed by atoms with Crippen LogP contribution in [0.5, 0.6) is 0 Å². The quantitative estimate of drug-likeness (QED) is 0.134. The number of allylic oxidation sites excluding steroid dienone is 1. The van der Waals surface area contributed by atoms with Gasteiger partial charge in [-0.2, -0.15) is 0 Å². The molecule has 202 valence electrons. The van der Waals surface area contributed by atoms with Crippen LogP contribution in [0.25, 0.3) is 6.08 Å². The number of nitro groups is 1. The molecule has 2 aliphatic heterocycles. The van der Waals surface area contributed by atoms with Crippen molar-refractivity contribution in [1.82, 2.24) is 15.2 Å². The molecule has 1 saturated heterocycles. The Kier molecular flexibility index (Phi) is 7.91. The van der Waals surface area contributed by atoms with Crippen LogP contribution >= 0.6 is 23.1 Å². The summed E-state index contributed by atoms with van der Waals surface area (Å²) in [6, 6.07) is 4.79. The zero-order valence-corrected chi connectivity index (χ0v) is 21.2. The number of thioether (sulfide) groups is 1. The number of benzene rings is 1. The van der Waals surface area contributed by atoms with E-state index in [0.717, 1.165) is 16.2 Å². The summed E-state index contributed by atoms with van der Waals surface area (Å²) in [5, 5.41) is 36.6. The first-order chi connectivity index (χ1) is 18.6. The summed E-state index contributed by atoms with van der Waals surface area (Å²) in [5.74, 6) is -4.21. The number of para-hydroxylation sites is 1. The van der Waals surface area contributed by atoms with E-state index in [9.17, 15) is 34.4 Å². The average molecular weight is 575 g/mol. The average Bonchev–Trinajstić information content (AvgIpc) is 3.33. The van der Waals surface area contributed by atoms with Gasteiger partial charge in [0.15, 0.2) is 10.8 Å². The van der Waals surface area contributed by atoms with E-state index in [1.165, 1.54) is 47.5 Å². The maximum Gasteiger partial charge on any atom is 0.352 e. The Morgan fingerprint density at radius 2 is 2.05 bits per heavy atom. The first kappa shape index (κ1) is 27.3. The van der Waals surface area contributed by atoms with Crippen molar-refractivity contribution < 1.29 is 39.2 Å². The fraction of sp³-hybridized carbons (Fsp3) is 0.182. The van der Waals surface area contributed by atoms with Crippen LogP contribution in [-0.4, -0.2) is 78.3 Å². The van der Waals surface area contributed by atoms with Crippen molar-refractivity contribution in [2.75, 3.05) is 18.1 Å². The highest BCUT2D eigenvalue weighted by Crippen LogP contribution is 2.41. The highest BCUT2D eigenvalue weighted by molar-refractivity contribution is 8.00. The van der Waals surface area contributed by atoms with Gasteiger partial charge in [0, 0.05) is 17.2 Å². The van der Waals surface area contributed by atoms with E-state index in [1.807, 2.05) is 0 Å². The van der Waals surface area contributed by atoms with E-state index in [0.29, 0.717) is 0 Å². The normalized spacial score (nSPS) is 18.9. The highest BCUT2D eigenvalue weighted by atomic mass is 32.2. The van der Waals surface area contributed by atoms with Gasteiger partial charge in [-0.15, -0.1) is 23.1 Å². The van der Waals surface area contributed by atoms with Crippen molar-refractivity contribution in [3.8, 4) is 0 Å². The zero-order valence-electron chi connectivity index (χ0n) is 19.5. The van der Waals surface area contributed by atoms with Gasteiger partial charge in [-0.05, 0) is 17.7 Å². The molecule has 1 unspecified atom stereocenters. The summed E-state index contributed by atoms with van der Waals surface area (Å²) in [6.07, 6.45) is 2.81. The number of aliphatic carboxylic acids is 2. The molecule has 0 aliphatic carbocycles. The monoisotopic (exact) mass is 574 g/mol. The number of fused-ring (bicyclic) bond motifs is 1. The predicted octanol–water partition coefficient (Wildman–Crippen LogP) is 0.891. The molecule has 2 atom stereocenters. The number of nitrogens with one attached hydrogen (secondary N) is 1. The summed E-state index contributed by atoms with van der Waals surface area (Å²) in [6.45, 7) is -0.833. The molecule has 0 bridgehead atoms. The van der Waals surface area contributed by atoms with Crippen molar-refractivity contribution in [2.24, 2.45) is 5.16 Å². The summed E-state index contributed by atoms with van der Waals surface area (Å²) < 4.78 is 0. The number of carbonyl (C=O) groups is 4. The number of nitro benzene ring substituents is 1. The minimum atomic E-state index is -1.39. The van der Waals surface area contributed by atoms with E-state index in [-0.39, 0.29) is 39.1 Å². The number of aromatic nitrogens is 1. The molecule has 2 amide bonds. The lowest BCUT2D eigenvalue weighted by Gasteiger charge is -2.49. The van der Waals surface area contributed by atoms with Crippen molar-refractivity contribution in [3.05, 3.63) is 68.4 Å². The second-order valence-corrected chi connectivity index (χ2v) is 9.86. The Hall–Kier alpha value is -4.77. The molecule has 4 rings (SSSR count). The third-order valence-electron chi connectivity index (χ3n) is 5.41.